The van der Waals surface area contributed by atoms with Gasteiger partial charge in [0.2, 0.25) is 0 Å². The first-order valence-electron chi connectivity index (χ1n) is 5.79. The molecule has 0 heterocycles. The molecule has 0 aliphatic carbocycles. The van der Waals surface area contributed by atoms with Crippen LogP contribution in [0.25, 0.3) is 0 Å². The number of rotatable bonds is 2. The Morgan fingerprint density at radius 3 is 2.80 bits per heavy atom. The van der Waals surface area contributed by atoms with Crippen LogP contribution in [0.3, 0.4) is 0 Å². The predicted octanol–water partition coefficient (Wildman–Crippen LogP) is 4.53. The lowest BCUT2D eigenvalue weighted by Crippen LogP contribution is -2.13. The second-order valence-electron chi connectivity index (χ2n) is 4.19. The fourth-order valence-corrected chi connectivity index (χ4v) is 2.35. The number of amides is 1. The van der Waals surface area contributed by atoms with Crippen molar-refractivity contribution in [3.05, 3.63) is 62.6 Å². The van der Waals surface area contributed by atoms with Crippen molar-refractivity contribution in [1.82, 2.24) is 0 Å². The third kappa shape index (κ3) is 3.01. The summed E-state index contributed by atoms with van der Waals surface area (Å²) in [5, 5.41) is 12.2. The Morgan fingerprint density at radius 1 is 1.35 bits per heavy atom. The van der Waals surface area contributed by atoms with E-state index in [1.165, 1.54) is 0 Å². The number of halogens is 2. The number of hydrogen-bond acceptors (Lipinski definition) is 2. The van der Waals surface area contributed by atoms with E-state index in [2.05, 4.69) is 21.2 Å². The molecule has 2 aromatic carbocycles. The number of anilines is 1. The van der Waals surface area contributed by atoms with Gasteiger partial charge in [-0.15, -0.1) is 0 Å². The number of nitriles is 1. The van der Waals surface area contributed by atoms with Gasteiger partial charge in [0.1, 0.15) is 6.07 Å². The van der Waals surface area contributed by atoms with Crippen LogP contribution in [0, 0.1) is 18.3 Å². The molecule has 0 bridgehead atoms. The Kier molecular flexibility index (Phi) is 4.43. The molecule has 0 unspecified atom stereocenters. The van der Waals surface area contributed by atoms with Crippen molar-refractivity contribution in [3.63, 3.8) is 0 Å². The highest BCUT2D eigenvalue weighted by Gasteiger charge is 2.13. The van der Waals surface area contributed by atoms with Crippen LogP contribution >= 0.6 is 27.5 Å². The number of aryl methyl sites for hydroxylation is 1. The van der Waals surface area contributed by atoms with E-state index >= 15 is 0 Å². The van der Waals surface area contributed by atoms with Crippen molar-refractivity contribution in [1.29, 1.82) is 5.26 Å². The molecule has 100 valence electrons. The molecular weight excluding hydrogens is 340 g/mol. The van der Waals surface area contributed by atoms with Crippen LogP contribution in [-0.4, -0.2) is 5.91 Å². The molecule has 0 radical (unpaired) electrons. The third-order valence-corrected chi connectivity index (χ3v) is 4.07. The SMILES string of the molecule is Cc1cccc(C(=O)Nc2cc(Cl)ccc2C#N)c1Br. The minimum Gasteiger partial charge on any atom is -0.321 e. The van der Waals surface area contributed by atoms with E-state index in [1.807, 2.05) is 19.1 Å². The molecule has 0 saturated carbocycles. The van der Waals surface area contributed by atoms with Gasteiger partial charge in [-0.05, 0) is 52.7 Å². The largest absolute Gasteiger partial charge is 0.321 e. The normalized spacial score (nSPS) is 9.90. The van der Waals surface area contributed by atoms with Gasteiger partial charge in [-0.25, -0.2) is 0 Å². The monoisotopic (exact) mass is 348 g/mol. The standard InChI is InChI=1S/C15H10BrClN2O/c1-9-3-2-4-12(14(9)16)15(20)19-13-7-11(17)6-5-10(13)8-18/h2-7H,1H3,(H,19,20). The zero-order valence-electron chi connectivity index (χ0n) is 10.6. The van der Waals surface area contributed by atoms with Crippen molar-refractivity contribution in [2.75, 3.05) is 5.32 Å². The molecule has 0 fully saturated rings. The molecule has 3 nitrogen and oxygen atoms in total. The zero-order chi connectivity index (χ0) is 14.7. The van der Waals surface area contributed by atoms with Gasteiger partial charge in [0.15, 0.2) is 0 Å². The van der Waals surface area contributed by atoms with Crippen molar-refractivity contribution in [3.8, 4) is 6.07 Å². The predicted molar refractivity (Wildman–Crippen MR) is 83.0 cm³/mol. The van der Waals surface area contributed by atoms with Gasteiger partial charge in [-0.2, -0.15) is 5.26 Å². The Balaban J connectivity index is 2.35. The summed E-state index contributed by atoms with van der Waals surface area (Å²) in [6, 6.07) is 12.2. The van der Waals surface area contributed by atoms with Gasteiger partial charge >= 0.3 is 0 Å². The van der Waals surface area contributed by atoms with E-state index in [4.69, 9.17) is 16.9 Å². The Morgan fingerprint density at radius 2 is 2.10 bits per heavy atom. The second-order valence-corrected chi connectivity index (χ2v) is 5.42. The van der Waals surface area contributed by atoms with Crippen LogP contribution in [0.5, 0.6) is 0 Å². The lowest BCUT2D eigenvalue weighted by molar-refractivity contribution is 0.102. The molecule has 1 amide bonds. The summed E-state index contributed by atoms with van der Waals surface area (Å²) < 4.78 is 0.734. The molecule has 2 rings (SSSR count). The highest BCUT2D eigenvalue weighted by molar-refractivity contribution is 9.10. The van der Waals surface area contributed by atoms with Gasteiger partial charge in [0.25, 0.3) is 5.91 Å². The Labute approximate surface area is 130 Å². The molecule has 0 aliphatic heterocycles. The van der Waals surface area contributed by atoms with Crippen LogP contribution in [0.4, 0.5) is 5.69 Å². The number of benzene rings is 2. The van der Waals surface area contributed by atoms with Crippen molar-refractivity contribution in [2.24, 2.45) is 0 Å². The molecule has 0 spiro atoms. The molecule has 0 aromatic heterocycles. The quantitative estimate of drug-likeness (QED) is 0.865. The lowest BCUT2D eigenvalue weighted by atomic mass is 10.1. The van der Waals surface area contributed by atoms with Gasteiger partial charge in [-0.1, -0.05) is 23.7 Å². The van der Waals surface area contributed by atoms with E-state index in [-0.39, 0.29) is 5.91 Å². The molecular formula is C15H10BrClN2O. The third-order valence-electron chi connectivity index (χ3n) is 2.79. The van der Waals surface area contributed by atoms with Gasteiger partial charge in [-0.3, -0.25) is 4.79 Å². The molecule has 20 heavy (non-hydrogen) atoms. The van der Waals surface area contributed by atoms with E-state index in [0.717, 1.165) is 10.0 Å². The van der Waals surface area contributed by atoms with Crippen LogP contribution in [0.1, 0.15) is 21.5 Å². The maximum Gasteiger partial charge on any atom is 0.256 e. The van der Waals surface area contributed by atoms with E-state index in [1.54, 1.807) is 30.3 Å². The van der Waals surface area contributed by atoms with E-state index in [9.17, 15) is 4.79 Å². The van der Waals surface area contributed by atoms with E-state index in [0.29, 0.717) is 21.8 Å². The maximum atomic E-state index is 12.3. The first kappa shape index (κ1) is 14.6. The van der Waals surface area contributed by atoms with Gasteiger partial charge in [0.05, 0.1) is 16.8 Å². The summed E-state index contributed by atoms with van der Waals surface area (Å²) in [4.78, 5) is 12.3. The second kappa shape index (κ2) is 6.08. The van der Waals surface area contributed by atoms with Crippen LogP contribution in [-0.2, 0) is 0 Å². The first-order chi connectivity index (χ1) is 9.52. The highest BCUT2D eigenvalue weighted by atomic mass is 79.9. The number of nitrogens with zero attached hydrogens (tertiary/aromatic N) is 1. The van der Waals surface area contributed by atoms with Crippen LogP contribution in [0.2, 0.25) is 5.02 Å². The summed E-state index contributed by atoms with van der Waals surface area (Å²) in [5.41, 5.74) is 2.24. The number of nitrogens with one attached hydrogen (secondary N) is 1. The minimum absolute atomic E-state index is 0.292. The Hall–Kier alpha value is -1.83. The molecule has 2 aromatic rings. The summed E-state index contributed by atoms with van der Waals surface area (Å²) in [6.07, 6.45) is 0. The average molecular weight is 350 g/mol. The van der Waals surface area contributed by atoms with Gasteiger partial charge < -0.3 is 5.32 Å². The van der Waals surface area contributed by atoms with Crippen molar-refractivity contribution < 1.29 is 4.79 Å². The number of hydrogen-bond donors (Lipinski definition) is 1. The fraction of sp³-hybridized carbons (Fsp3) is 0.0667. The first-order valence-corrected chi connectivity index (χ1v) is 6.96. The summed E-state index contributed by atoms with van der Waals surface area (Å²) in [7, 11) is 0. The molecule has 5 heteroatoms. The highest BCUT2D eigenvalue weighted by Crippen LogP contribution is 2.24. The summed E-state index contributed by atoms with van der Waals surface area (Å²) >= 11 is 9.28. The maximum absolute atomic E-state index is 12.3. The molecule has 0 atom stereocenters. The fourth-order valence-electron chi connectivity index (χ4n) is 1.73. The topological polar surface area (TPSA) is 52.9 Å². The molecule has 1 N–H and O–H groups in total. The van der Waals surface area contributed by atoms with Crippen molar-refractivity contribution >= 4 is 39.1 Å². The zero-order valence-corrected chi connectivity index (χ0v) is 12.9. The average Bonchev–Trinajstić information content (AvgIpc) is 2.42. The van der Waals surface area contributed by atoms with Crippen molar-refractivity contribution in [2.45, 2.75) is 6.92 Å². The number of carbonyl (C=O) groups is 1. The molecule has 0 aliphatic rings. The lowest BCUT2D eigenvalue weighted by Gasteiger charge is -2.10. The van der Waals surface area contributed by atoms with Gasteiger partial charge in [0, 0.05) is 9.50 Å². The smallest absolute Gasteiger partial charge is 0.256 e. The minimum atomic E-state index is -0.292. The van der Waals surface area contributed by atoms with Crippen LogP contribution < -0.4 is 5.32 Å². The molecule has 0 saturated heterocycles. The Bertz CT molecular complexity index is 722. The van der Waals surface area contributed by atoms with Crippen LogP contribution in [0.15, 0.2) is 40.9 Å². The number of carbonyl (C=O) groups excluding carboxylic acids is 1. The summed E-state index contributed by atoms with van der Waals surface area (Å²) in [5.74, 6) is -0.292. The van der Waals surface area contributed by atoms with E-state index < -0.39 is 0 Å². The summed E-state index contributed by atoms with van der Waals surface area (Å²) in [6.45, 7) is 1.90.